The Morgan fingerprint density at radius 1 is 1.00 bits per heavy atom. The molecule has 2 aromatic carbocycles. The van der Waals surface area contributed by atoms with Crippen LogP contribution in [0.4, 0.5) is 10.1 Å². The van der Waals surface area contributed by atoms with Gasteiger partial charge in [-0.2, -0.15) is 0 Å². The summed E-state index contributed by atoms with van der Waals surface area (Å²) in [7, 11) is 0. The second-order valence-electron chi connectivity index (χ2n) is 6.47. The summed E-state index contributed by atoms with van der Waals surface area (Å²) in [6.45, 7) is 3.80. The Bertz CT molecular complexity index is 1020. The number of ether oxygens (including phenoxy) is 1. The smallest absolute Gasteiger partial charge is 0.251 e. The van der Waals surface area contributed by atoms with Gasteiger partial charge in [0.15, 0.2) is 0 Å². The molecule has 0 aliphatic heterocycles. The molecular formula is C22H20FN3O3. The number of carbonyl (C=O) groups is 2. The lowest BCUT2D eigenvalue weighted by molar-refractivity contribution is -0.115. The van der Waals surface area contributed by atoms with Gasteiger partial charge in [-0.05, 0) is 67.4 Å². The average Bonchev–Trinajstić information content (AvgIpc) is 2.71. The molecule has 1 aromatic heterocycles. The number of hydrogen-bond acceptors (Lipinski definition) is 4. The Kier molecular flexibility index (Phi) is 6.19. The van der Waals surface area contributed by atoms with Crippen LogP contribution < -0.4 is 15.4 Å². The third kappa shape index (κ3) is 5.62. The van der Waals surface area contributed by atoms with Crippen molar-refractivity contribution < 1.29 is 18.7 Å². The molecule has 1 heterocycles. The largest absolute Gasteiger partial charge is 0.439 e. The predicted octanol–water partition coefficient (Wildman–Crippen LogP) is 4.00. The van der Waals surface area contributed by atoms with Crippen LogP contribution >= 0.6 is 0 Å². The van der Waals surface area contributed by atoms with Gasteiger partial charge in [-0.3, -0.25) is 9.59 Å². The number of pyridine rings is 1. The van der Waals surface area contributed by atoms with Crippen molar-refractivity contribution in [2.24, 2.45) is 0 Å². The lowest BCUT2D eigenvalue weighted by Gasteiger charge is -2.09. The molecule has 3 aromatic rings. The lowest BCUT2D eigenvalue weighted by Crippen LogP contribution is -2.32. The van der Waals surface area contributed by atoms with E-state index in [1.54, 1.807) is 12.1 Å². The van der Waals surface area contributed by atoms with Crippen molar-refractivity contribution in [3.63, 3.8) is 0 Å². The summed E-state index contributed by atoms with van der Waals surface area (Å²) in [4.78, 5) is 28.1. The number of halogens is 1. The highest BCUT2D eigenvalue weighted by Crippen LogP contribution is 2.22. The standard InChI is InChI=1S/C22H20FN3O3/c1-14-3-9-19(11-15(14)2)29-21-10-8-18(12-24-21)26-20(27)13-25-22(28)16-4-6-17(23)7-5-16/h3-12H,13H2,1-2H3,(H,25,28)(H,26,27). The summed E-state index contributed by atoms with van der Waals surface area (Å²) in [5.41, 5.74) is 3.04. The van der Waals surface area contributed by atoms with Crippen LogP contribution in [0.3, 0.4) is 0 Å². The van der Waals surface area contributed by atoms with Gasteiger partial charge in [-0.25, -0.2) is 9.37 Å². The zero-order chi connectivity index (χ0) is 20.8. The molecule has 0 aliphatic carbocycles. The van der Waals surface area contributed by atoms with E-state index in [-0.39, 0.29) is 12.1 Å². The van der Waals surface area contributed by atoms with Crippen LogP contribution in [0, 0.1) is 19.7 Å². The van der Waals surface area contributed by atoms with E-state index in [9.17, 15) is 14.0 Å². The van der Waals surface area contributed by atoms with Crippen molar-refractivity contribution >= 4 is 17.5 Å². The van der Waals surface area contributed by atoms with Crippen LogP contribution in [-0.2, 0) is 4.79 Å². The van der Waals surface area contributed by atoms with Crippen molar-refractivity contribution in [2.45, 2.75) is 13.8 Å². The normalized spacial score (nSPS) is 10.3. The number of anilines is 1. The number of hydrogen-bond donors (Lipinski definition) is 2. The van der Waals surface area contributed by atoms with E-state index in [0.717, 1.165) is 5.56 Å². The number of nitrogens with one attached hydrogen (secondary N) is 2. The lowest BCUT2D eigenvalue weighted by atomic mass is 10.1. The van der Waals surface area contributed by atoms with Gasteiger partial charge in [0.2, 0.25) is 11.8 Å². The Labute approximate surface area is 167 Å². The molecular weight excluding hydrogens is 373 g/mol. The van der Waals surface area contributed by atoms with Gasteiger partial charge in [0.25, 0.3) is 5.91 Å². The molecule has 148 valence electrons. The van der Waals surface area contributed by atoms with Crippen LogP contribution in [0.25, 0.3) is 0 Å². The monoisotopic (exact) mass is 393 g/mol. The Hall–Kier alpha value is -3.74. The second kappa shape index (κ2) is 8.97. The molecule has 0 saturated carbocycles. The zero-order valence-electron chi connectivity index (χ0n) is 16.0. The summed E-state index contributed by atoms with van der Waals surface area (Å²) in [5.74, 6) is -0.228. The summed E-state index contributed by atoms with van der Waals surface area (Å²) in [5, 5.41) is 5.11. The molecule has 0 aliphatic rings. The van der Waals surface area contributed by atoms with Gasteiger partial charge in [-0.15, -0.1) is 0 Å². The van der Waals surface area contributed by atoms with E-state index in [4.69, 9.17) is 4.74 Å². The number of aryl methyl sites for hydroxylation is 2. The quantitative estimate of drug-likeness (QED) is 0.663. The first-order valence-electron chi connectivity index (χ1n) is 8.95. The minimum atomic E-state index is -0.463. The molecule has 0 radical (unpaired) electrons. The SMILES string of the molecule is Cc1ccc(Oc2ccc(NC(=O)CNC(=O)c3ccc(F)cc3)cn2)cc1C. The third-order valence-electron chi connectivity index (χ3n) is 4.24. The van der Waals surface area contributed by atoms with Crippen LogP contribution in [-0.4, -0.2) is 23.3 Å². The number of benzene rings is 2. The number of amides is 2. The van der Waals surface area contributed by atoms with Crippen LogP contribution in [0.5, 0.6) is 11.6 Å². The number of aromatic nitrogens is 1. The van der Waals surface area contributed by atoms with Gasteiger partial charge >= 0.3 is 0 Å². The number of carbonyl (C=O) groups excluding carboxylic acids is 2. The van der Waals surface area contributed by atoms with Crippen molar-refractivity contribution in [1.29, 1.82) is 0 Å². The fourth-order valence-corrected chi connectivity index (χ4v) is 2.48. The van der Waals surface area contributed by atoms with E-state index in [1.165, 1.54) is 36.0 Å². The van der Waals surface area contributed by atoms with Crippen molar-refractivity contribution in [2.75, 3.05) is 11.9 Å². The van der Waals surface area contributed by atoms with Crippen molar-refractivity contribution in [1.82, 2.24) is 10.3 Å². The topological polar surface area (TPSA) is 80.3 Å². The first-order chi connectivity index (χ1) is 13.9. The zero-order valence-corrected chi connectivity index (χ0v) is 16.0. The van der Waals surface area contributed by atoms with Gasteiger partial charge in [0.1, 0.15) is 11.6 Å². The first kappa shape index (κ1) is 20.0. The summed E-state index contributed by atoms with van der Waals surface area (Å²) in [6.07, 6.45) is 1.47. The molecule has 6 nitrogen and oxygen atoms in total. The molecule has 2 N–H and O–H groups in total. The Morgan fingerprint density at radius 2 is 1.76 bits per heavy atom. The van der Waals surface area contributed by atoms with Gasteiger partial charge < -0.3 is 15.4 Å². The molecule has 29 heavy (non-hydrogen) atoms. The second-order valence-corrected chi connectivity index (χ2v) is 6.47. The molecule has 3 rings (SSSR count). The predicted molar refractivity (Wildman–Crippen MR) is 108 cm³/mol. The third-order valence-corrected chi connectivity index (χ3v) is 4.24. The van der Waals surface area contributed by atoms with Gasteiger partial charge in [-0.1, -0.05) is 6.07 Å². The van der Waals surface area contributed by atoms with Crippen LogP contribution in [0.1, 0.15) is 21.5 Å². The molecule has 0 spiro atoms. The fourth-order valence-electron chi connectivity index (χ4n) is 2.48. The van der Waals surface area contributed by atoms with E-state index in [0.29, 0.717) is 17.3 Å². The molecule has 0 atom stereocenters. The maximum atomic E-state index is 12.9. The molecule has 7 heteroatoms. The van der Waals surface area contributed by atoms with Gasteiger partial charge in [0.05, 0.1) is 18.4 Å². The highest BCUT2D eigenvalue weighted by Gasteiger charge is 2.09. The van der Waals surface area contributed by atoms with E-state index in [1.807, 2.05) is 32.0 Å². The summed E-state index contributed by atoms with van der Waals surface area (Å²) < 4.78 is 18.6. The fraction of sp³-hybridized carbons (Fsp3) is 0.136. The summed E-state index contributed by atoms with van der Waals surface area (Å²) >= 11 is 0. The highest BCUT2D eigenvalue weighted by atomic mass is 19.1. The number of nitrogens with zero attached hydrogens (tertiary/aromatic N) is 1. The molecule has 0 unspecified atom stereocenters. The summed E-state index contributed by atoms with van der Waals surface area (Å²) in [6, 6.07) is 14.1. The minimum absolute atomic E-state index is 0.225. The maximum absolute atomic E-state index is 12.9. The van der Waals surface area contributed by atoms with Crippen LogP contribution in [0.2, 0.25) is 0 Å². The Balaban J connectivity index is 1.51. The molecule has 0 fully saturated rings. The molecule has 2 amide bonds. The van der Waals surface area contributed by atoms with Crippen LogP contribution in [0.15, 0.2) is 60.8 Å². The maximum Gasteiger partial charge on any atom is 0.251 e. The number of rotatable bonds is 6. The first-order valence-corrected chi connectivity index (χ1v) is 8.95. The van der Waals surface area contributed by atoms with Crippen molar-refractivity contribution in [3.8, 4) is 11.6 Å². The minimum Gasteiger partial charge on any atom is -0.439 e. The molecule has 0 bridgehead atoms. The van der Waals surface area contributed by atoms with Gasteiger partial charge in [0, 0.05) is 11.6 Å². The van der Waals surface area contributed by atoms with Crippen molar-refractivity contribution in [3.05, 3.63) is 83.3 Å². The average molecular weight is 393 g/mol. The Morgan fingerprint density at radius 3 is 2.41 bits per heavy atom. The van der Waals surface area contributed by atoms with E-state index in [2.05, 4.69) is 15.6 Å². The van der Waals surface area contributed by atoms with E-state index < -0.39 is 17.6 Å². The molecule has 0 saturated heterocycles. The van der Waals surface area contributed by atoms with E-state index >= 15 is 0 Å². The highest BCUT2D eigenvalue weighted by molar-refractivity contribution is 5.99.